The van der Waals surface area contributed by atoms with Crippen LogP contribution in [-0.2, 0) is 4.79 Å². The van der Waals surface area contributed by atoms with Gasteiger partial charge in [0.1, 0.15) is 0 Å². The predicted octanol–water partition coefficient (Wildman–Crippen LogP) is 3.50. The summed E-state index contributed by atoms with van der Waals surface area (Å²) in [7, 11) is 0. The molecule has 1 amide bonds. The molecule has 5 nitrogen and oxygen atoms in total. The maximum absolute atomic E-state index is 12.9. The summed E-state index contributed by atoms with van der Waals surface area (Å²) in [5.41, 5.74) is 0.745. The molecule has 122 valence electrons. The van der Waals surface area contributed by atoms with Crippen molar-refractivity contribution in [3.63, 3.8) is 0 Å². The van der Waals surface area contributed by atoms with E-state index in [0.717, 1.165) is 5.56 Å². The first kappa shape index (κ1) is 17.3. The van der Waals surface area contributed by atoms with Crippen LogP contribution in [0.1, 0.15) is 30.3 Å². The normalized spacial score (nSPS) is 13.3. The lowest BCUT2D eigenvalue weighted by molar-refractivity contribution is -0.121. The van der Waals surface area contributed by atoms with Crippen LogP contribution in [0, 0.1) is 0 Å². The van der Waals surface area contributed by atoms with Gasteiger partial charge in [-0.05, 0) is 18.6 Å². The largest absolute Gasteiger partial charge is 0.431 e. The third kappa shape index (κ3) is 4.72. The Kier molecular flexibility index (Phi) is 6.04. The number of nitrogens with one attached hydrogen (secondary N) is 1. The van der Waals surface area contributed by atoms with E-state index in [9.17, 15) is 14.0 Å². The van der Waals surface area contributed by atoms with Crippen molar-refractivity contribution in [2.45, 2.75) is 30.9 Å². The van der Waals surface area contributed by atoms with Crippen molar-refractivity contribution < 1.29 is 18.4 Å². The smallest absolute Gasteiger partial charge is 0.289 e. The topological polar surface area (TPSA) is 72.2 Å². The molecular formula is C16H16BrFN2O3. The zero-order chi connectivity index (χ0) is 16.8. The SMILES string of the molecule is CCC(NC(=O)c1cnc(-c2ccccc2)o1)C(=O)CC(F)Br. The number of amides is 1. The van der Waals surface area contributed by atoms with Crippen LogP contribution in [0.15, 0.2) is 40.9 Å². The number of halogens is 2. The first-order chi connectivity index (χ1) is 11.0. The molecule has 2 rings (SSSR count). The van der Waals surface area contributed by atoms with Gasteiger partial charge in [0.15, 0.2) is 10.9 Å². The molecule has 0 saturated carbocycles. The summed E-state index contributed by atoms with van der Waals surface area (Å²) in [6.07, 6.45) is 1.37. The average molecular weight is 383 g/mol. The molecule has 0 bridgehead atoms. The quantitative estimate of drug-likeness (QED) is 0.743. The number of alkyl halides is 2. The maximum Gasteiger partial charge on any atom is 0.289 e. The van der Waals surface area contributed by atoms with E-state index < -0.39 is 17.0 Å². The summed E-state index contributed by atoms with van der Waals surface area (Å²) in [6, 6.07) is 8.38. The number of aromatic nitrogens is 1. The Morgan fingerprint density at radius 3 is 2.65 bits per heavy atom. The highest BCUT2D eigenvalue weighted by Gasteiger charge is 2.23. The van der Waals surface area contributed by atoms with Crippen LogP contribution < -0.4 is 5.32 Å². The molecule has 0 fully saturated rings. The first-order valence-electron chi connectivity index (χ1n) is 7.14. The number of benzene rings is 1. The van der Waals surface area contributed by atoms with Gasteiger partial charge in [-0.1, -0.05) is 41.1 Å². The lowest BCUT2D eigenvalue weighted by Gasteiger charge is -2.14. The predicted molar refractivity (Wildman–Crippen MR) is 86.9 cm³/mol. The Bertz CT molecular complexity index is 673. The number of rotatable bonds is 7. The summed E-state index contributed by atoms with van der Waals surface area (Å²) in [4.78, 5) is 28.0. The van der Waals surface area contributed by atoms with Gasteiger partial charge in [-0.15, -0.1) is 0 Å². The van der Waals surface area contributed by atoms with E-state index in [-0.39, 0.29) is 18.0 Å². The minimum absolute atomic E-state index is 0.00532. The summed E-state index contributed by atoms with van der Waals surface area (Å²) in [6.45, 7) is 1.74. The van der Waals surface area contributed by atoms with E-state index in [1.54, 1.807) is 6.92 Å². The molecule has 0 saturated heterocycles. The van der Waals surface area contributed by atoms with Crippen molar-refractivity contribution in [1.29, 1.82) is 0 Å². The van der Waals surface area contributed by atoms with E-state index >= 15 is 0 Å². The molecule has 0 aliphatic heterocycles. The first-order valence-corrected chi connectivity index (χ1v) is 8.05. The highest BCUT2D eigenvalue weighted by atomic mass is 79.9. The third-order valence-corrected chi connectivity index (χ3v) is 3.53. The van der Waals surface area contributed by atoms with Crippen molar-refractivity contribution in [3.05, 3.63) is 42.3 Å². The fourth-order valence-electron chi connectivity index (χ4n) is 2.03. The number of hydrogen-bond donors (Lipinski definition) is 1. The average Bonchev–Trinajstić information content (AvgIpc) is 3.02. The maximum atomic E-state index is 12.9. The number of carbonyl (C=O) groups excluding carboxylic acids is 2. The van der Waals surface area contributed by atoms with Gasteiger partial charge in [-0.2, -0.15) is 0 Å². The molecular weight excluding hydrogens is 367 g/mol. The highest BCUT2D eigenvalue weighted by Crippen LogP contribution is 2.18. The Morgan fingerprint density at radius 1 is 1.35 bits per heavy atom. The van der Waals surface area contributed by atoms with Crippen molar-refractivity contribution in [2.24, 2.45) is 0 Å². The molecule has 1 heterocycles. The van der Waals surface area contributed by atoms with Crippen LogP contribution in [0.3, 0.4) is 0 Å². The molecule has 0 aliphatic rings. The number of Topliss-reactive ketones (excluding diaryl/α,β-unsaturated/α-hetero) is 1. The molecule has 23 heavy (non-hydrogen) atoms. The van der Waals surface area contributed by atoms with Gasteiger partial charge in [0.2, 0.25) is 11.7 Å². The lowest BCUT2D eigenvalue weighted by atomic mass is 10.1. The molecule has 2 aromatic rings. The second-order valence-electron chi connectivity index (χ2n) is 4.89. The number of hydrogen-bond acceptors (Lipinski definition) is 4. The summed E-state index contributed by atoms with van der Waals surface area (Å²) in [5, 5.41) is 1.12. The number of nitrogens with zero attached hydrogens (tertiary/aromatic N) is 1. The van der Waals surface area contributed by atoms with E-state index in [2.05, 4.69) is 26.2 Å². The van der Waals surface area contributed by atoms with Crippen LogP contribution in [0.25, 0.3) is 11.5 Å². The molecule has 0 aliphatic carbocycles. The Balaban J connectivity index is 2.06. The van der Waals surface area contributed by atoms with Crippen LogP contribution in [0.2, 0.25) is 0 Å². The molecule has 0 spiro atoms. The van der Waals surface area contributed by atoms with Gasteiger partial charge in [0.25, 0.3) is 5.91 Å². The Hall–Kier alpha value is -2.02. The zero-order valence-corrected chi connectivity index (χ0v) is 14.0. The van der Waals surface area contributed by atoms with Crippen LogP contribution in [-0.4, -0.2) is 27.8 Å². The van der Waals surface area contributed by atoms with Gasteiger partial charge in [0, 0.05) is 12.0 Å². The molecule has 0 radical (unpaired) electrons. The van der Waals surface area contributed by atoms with Crippen molar-refractivity contribution in [3.8, 4) is 11.5 Å². The van der Waals surface area contributed by atoms with E-state index in [0.29, 0.717) is 12.3 Å². The molecule has 1 N–H and O–H groups in total. The van der Waals surface area contributed by atoms with Gasteiger partial charge >= 0.3 is 0 Å². The van der Waals surface area contributed by atoms with E-state index in [1.807, 2.05) is 30.3 Å². The standard InChI is InChI=1S/C16H16BrFN2O3/c1-2-11(12(21)8-14(17)18)20-15(22)13-9-19-16(23-13)10-6-4-3-5-7-10/h3-7,9,11,14H,2,8H2,1H3,(H,20,22). The van der Waals surface area contributed by atoms with Gasteiger partial charge in [-0.3, -0.25) is 9.59 Å². The van der Waals surface area contributed by atoms with Gasteiger partial charge in [-0.25, -0.2) is 9.37 Å². The third-order valence-electron chi connectivity index (χ3n) is 3.21. The summed E-state index contributed by atoms with van der Waals surface area (Å²) >= 11 is 2.68. The van der Waals surface area contributed by atoms with Gasteiger partial charge in [0.05, 0.1) is 12.2 Å². The number of oxazole rings is 1. The molecule has 1 aromatic carbocycles. The second-order valence-corrected chi connectivity index (χ2v) is 5.89. The lowest BCUT2D eigenvalue weighted by Crippen LogP contribution is -2.40. The highest BCUT2D eigenvalue weighted by molar-refractivity contribution is 9.09. The van der Waals surface area contributed by atoms with Crippen molar-refractivity contribution >= 4 is 27.6 Å². The molecule has 2 atom stereocenters. The molecule has 7 heteroatoms. The fraction of sp³-hybridized carbons (Fsp3) is 0.312. The zero-order valence-electron chi connectivity index (χ0n) is 12.5. The Labute approximate surface area is 141 Å². The number of ketones is 1. The van der Waals surface area contributed by atoms with E-state index in [1.165, 1.54) is 6.20 Å². The monoisotopic (exact) mass is 382 g/mol. The second kappa shape index (κ2) is 8.01. The molecule has 2 unspecified atom stereocenters. The van der Waals surface area contributed by atoms with Crippen LogP contribution in [0.5, 0.6) is 0 Å². The Morgan fingerprint density at radius 2 is 2.04 bits per heavy atom. The molecule has 1 aromatic heterocycles. The van der Waals surface area contributed by atoms with Gasteiger partial charge < -0.3 is 9.73 Å². The number of carbonyl (C=O) groups is 2. The minimum Gasteiger partial charge on any atom is -0.431 e. The summed E-state index contributed by atoms with van der Waals surface area (Å²) < 4.78 is 18.3. The van der Waals surface area contributed by atoms with Crippen LogP contribution >= 0.6 is 15.9 Å². The summed E-state index contributed by atoms with van der Waals surface area (Å²) in [5.74, 6) is -0.608. The van der Waals surface area contributed by atoms with Crippen molar-refractivity contribution in [2.75, 3.05) is 0 Å². The minimum atomic E-state index is -1.42. The van der Waals surface area contributed by atoms with Crippen LogP contribution in [0.4, 0.5) is 4.39 Å². The fourth-order valence-corrected chi connectivity index (χ4v) is 2.35. The van der Waals surface area contributed by atoms with Crippen molar-refractivity contribution in [1.82, 2.24) is 10.3 Å². The van der Waals surface area contributed by atoms with E-state index in [4.69, 9.17) is 4.42 Å².